The number of rotatable bonds is 6. The highest BCUT2D eigenvalue weighted by atomic mass is 35.5. The molecule has 1 heterocycles. The molecule has 0 N–H and O–H groups in total. The van der Waals surface area contributed by atoms with Crippen molar-refractivity contribution in [3.8, 4) is 5.75 Å². The van der Waals surface area contributed by atoms with Crippen LogP contribution in [0.5, 0.6) is 5.75 Å². The first kappa shape index (κ1) is 31.0. The van der Waals surface area contributed by atoms with Crippen LogP contribution in [0.25, 0.3) is 0 Å². The Balaban J connectivity index is 1.64. The lowest BCUT2D eigenvalue weighted by molar-refractivity contribution is -0.157. The maximum atomic E-state index is 14.1. The smallest absolute Gasteiger partial charge is 0.275 e. The van der Waals surface area contributed by atoms with E-state index in [1.165, 1.54) is 44.4 Å². The summed E-state index contributed by atoms with van der Waals surface area (Å²) < 4.78 is 2.96. The van der Waals surface area contributed by atoms with Crippen molar-refractivity contribution in [3.05, 3.63) is 73.7 Å². The standard InChI is InChI=1S/C26H16Cl8N2O5/c1-10(18(37)11-3-6-13(41-2)7-4-11)35(21(38)14-8-5-12(27)9-15(14)28)36-22(39)16-17(23(36)40)25(32)20(30)19(29)24(16,31)26(25,33)34/h3-10,16-17H,1-2H3/t10-,16+,17+,24+,25+/m0/s1. The van der Waals surface area contributed by atoms with E-state index < -0.39 is 55.5 Å². The van der Waals surface area contributed by atoms with Gasteiger partial charge in [0.25, 0.3) is 17.7 Å². The number of allylic oxidation sites excluding steroid dienone is 2. The van der Waals surface area contributed by atoms with Crippen LogP contribution in [0.2, 0.25) is 10.0 Å². The van der Waals surface area contributed by atoms with Crippen LogP contribution in [0.1, 0.15) is 27.6 Å². The van der Waals surface area contributed by atoms with E-state index in [4.69, 9.17) is 97.5 Å². The van der Waals surface area contributed by atoms with Crippen molar-refractivity contribution < 1.29 is 23.9 Å². The number of ketones is 1. The molecule has 5 atom stereocenters. The van der Waals surface area contributed by atoms with Gasteiger partial charge < -0.3 is 4.74 Å². The molecule has 15 heteroatoms. The number of carbonyl (C=O) groups is 4. The van der Waals surface area contributed by atoms with Crippen LogP contribution in [-0.4, -0.2) is 60.8 Å². The Morgan fingerprint density at radius 2 is 1.39 bits per heavy atom. The number of methoxy groups -OCH3 is 1. The van der Waals surface area contributed by atoms with Crippen molar-refractivity contribution in [1.82, 2.24) is 10.0 Å². The number of Topliss-reactive ketones (excluding diaryl/α,β-unsaturated/α-hetero) is 1. The Morgan fingerprint density at radius 1 is 0.878 bits per heavy atom. The van der Waals surface area contributed by atoms with E-state index in [1.54, 1.807) is 12.1 Å². The van der Waals surface area contributed by atoms with Crippen LogP contribution < -0.4 is 4.74 Å². The summed E-state index contributed by atoms with van der Waals surface area (Å²) in [4.78, 5) is 51.7. The van der Waals surface area contributed by atoms with Gasteiger partial charge in [-0.2, -0.15) is 5.01 Å². The number of imide groups is 1. The molecule has 41 heavy (non-hydrogen) atoms. The molecule has 0 aromatic heterocycles. The molecule has 2 fully saturated rings. The summed E-state index contributed by atoms with van der Waals surface area (Å²) in [6.45, 7) is 1.34. The number of fused-ring (bicyclic) bond motifs is 5. The van der Waals surface area contributed by atoms with Gasteiger partial charge in [0.1, 0.15) is 21.5 Å². The first-order valence-electron chi connectivity index (χ1n) is 11.7. The van der Waals surface area contributed by atoms with Gasteiger partial charge in [-0.3, -0.25) is 19.2 Å². The number of hydrazine groups is 1. The second-order valence-corrected chi connectivity index (χ2v) is 13.7. The molecule has 0 spiro atoms. The third kappa shape index (κ3) is 4.00. The molecule has 0 radical (unpaired) electrons. The summed E-state index contributed by atoms with van der Waals surface area (Å²) in [5.74, 6) is -6.19. The summed E-state index contributed by atoms with van der Waals surface area (Å²) in [5, 5.41) is 0.760. The molecular weight excluding hydrogens is 704 g/mol. The third-order valence-corrected chi connectivity index (χ3v) is 12.4. The Morgan fingerprint density at radius 3 is 1.85 bits per heavy atom. The number of carbonyl (C=O) groups excluding carboxylic acids is 4. The third-order valence-electron chi connectivity index (χ3n) is 7.59. The average molecular weight is 720 g/mol. The lowest BCUT2D eigenvalue weighted by atomic mass is 9.84. The zero-order chi connectivity index (χ0) is 30.4. The first-order chi connectivity index (χ1) is 19.1. The highest BCUT2D eigenvalue weighted by Gasteiger charge is 2.88. The van der Waals surface area contributed by atoms with Crippen LogP contribution in [0.3, 0.4) is 0 Å². The fourth-order valence-corrected chi connectivity index (χ4v) is 8.94. The predicted octanol–water partition coefficient (Wildman–Crippen LogP) is 7.08. The quantitative estimate of drug-likeness (QED) is 0.181. The van der Waals surface area contributed by atoms with Crippen LogP contribution in [0, 0.1) is 11.8 Å². The second-order valence-electron chi connectivity index (χ2n) is 9.61. The Kier molecular flexibility index (Phi) is 7.82. The van der Waals surface area contributed by atoms with Crippen LogP contribution in [-0.2, 0) is 9.59 Å². The van der Waals surface area contributed by atoms with E-state index in [9.17, 15) is 19.2 Å². The predicted molar refractivity (Wildman–Crippen MR) is 159 cm³/mol. The molecule has 1 saturated carbocycles. The monoisotopic (exact) mass is 716 g/mol. The molecule has 2 aromatic rings. The molecule has 2 bridgehead atoms. The SMILES string of the molecule is COc1ccc(C(=O)[C@H](C)N(C(=O)c2ccc(Cl)cc2Cl)N2C(=O)[C@H]3[C@H](C2=O)[C@@]2(Cl)C(Cl)=C(Cl)[C@@]3(Cl)C2(Cl)Cl)cc1. The summed E-state index contributed by atoms with van der Waals surface area (Å²) in [6, 6.07) is 8.58. The first-order valence-corrected chi connectivity index (χ1v) is 14.8. The zero-order valence-corrected chi connectivity index (χ0v) is 26.8. The summed E-state index contributed by atoms with van der Waals surface area (Å²) in [5.41, 5.74) is 0.0130. The van der Waals surface area contributed by atoms with Crippen molar-refractivity contribution in [2.75, 3.05) is 7.11 Å². The van der Waals surface area contributed by atoms with E-state index in [0.29, 0.717) is 15.8 Å². The summed E-state index contributed by atoms with van der Waals surface area (Å²) >= 11 is 51.9. The van der Waals surface area contributed by atoms with Gasteiger partial charge in [-0.25, -0.2) is 5.01 Å². The van der Waals surface area contributed by atoms with Crippen molar-refractivity contribution >= 4 is 116 Å². The Labute approximate surface area is 274 Å². The van der Waals surface area contributed by atoms with E-state index in [2.05, 4.69) is 0 Å². The van der Waals surface area contributed by atoms with Crippen molar-refractivity contribution in [2.24, 2.45) is 11.8 Å². The highest BCUT2D eigenvalue weighted by molar-refractivity contribution is 6.66. The summed E-state index contributed by atoms with van der Waals surface area (Å²) in [7, 11) is 1.46. The van der Waals surface area contributed by atoms with Gasteiger partial charge in [-0.05, 0) is 49.4 Å². The minimum Gasteiger partial charge on any atom is -0.497 e. The van der Waals surface area contributed by atoms with Gasteiger partial charge in [0.15, 0.2) is 10.1 Å². The molecule has 1 saturated heterocycles. The fourth-order valence-electron chi connectivity index (χ4n) is 5.53. The Hall–Kier alpha value is -1.42. The zero-order valence-electron chi connectivity index (χ0n) is 20.7. The normalized spacial score (nSPS) is 28.7. The minimum absolute atomic E-state index is 0.0909. The van der Waals surface area contributed by atoms with Crippen LogP contribution in [0.15, 0.2) is 52.5 Å². The average Bonchev–Trinajstić information content (AvgIpc) is 3.31. The lowest BCUT2D eigenvalue weighted by Crippen LogP contribution is -2.59. The molecule has 7 nitrogen and oxygen atoms in total. The van der Waals surface area contributed by atoms with E-state index in [1.807, 2.05) is 0 Å². The number of hydrogen-bond donors (Lipinski definition) is 0. The van der Waals surface area contributed by atoms with Gasteiger partial charge >= 0.3 is 0 Å². The Bertz CT molecular complexity index is 1520. The minimum atomic E-state index is -2.18. The summed E-state index contributed by atoms with van der Waals surface area (Å²) in [6.07, 6.45) is 0. The number of hydrogen-bond acceptors (Lipinski definition) is 5. The molecular formula is C26H16Cl8N2O5. The topological polar surface area (TPSA) is 84.0 Å². The fraction of sp³-hybridized carbons (Fsp3) is 0.308. The number of halogens is 8. The van der Waals surface area contributed by atoms with Gasteiger partial charge in [-0.15, -0.1) is 23.2 Å². The lowest BCUT2D eigenvalue weighted by Gasteiger charge is -2.38. The molecule has 216 valence electrons. The maximum absolute atomic E-state index is 14.1. The molecule has 3 aliphatic rings. The van der Waals surface area contributed by atoms with Crippen molar-refractivity contribution in [2.45, 2.75) is 27.0 Å². The van der Waals surface area contributed by atoms with Gasteiger partial charge in [0, 0.05) is 10.6 Å². The number of alkyl halides is 4. The molecule has 0 unspecified atom stereocenters. The largest absolute Gasteiger partial charge is 0.497 e. The van der Waals surface area contributed by atoms with Crippen LogP contribution >= 0.6 is 92.8 Å². The number of amides is 3. The van der Waals surface area contributed by atoms with Crippen LogP contribution in [0.4, 0.5) is 0 Å². The molecule has 2 aliphatic carbocycles. The number of nitrogens with zero attached hydrogens (tertiary/aromatic N) is 2. The van der Waals surface area contributed by atoms with Crippen molar-refractivity contribution in [3.63, 3.8) is 0 Å². The number of benzene rings is 2. The van der Waals surface area contributed by atoms with E-state index in [0.717, 1.165) is 0 Å². The highest BCUT2D eigenvalue weighted by Crippen LogP contribution is 2.77. The van der Waals surface area contributed by atoms with E-state index in [-0.39, 0.29) is 31.2 Å². The molecule has 5 rings (SSSR count). The van der Waals surface area contributed by atoms with E-state index >= 15 is 0 Å². The van der Waals surface area contributed by atoms with Crippen molar-refractivity contribution in [1.29, 1.82) is 0 Å². The molecule has 2 aromatic carbocycles. The van der Waals surface area contributed by atoms with Gasteiger partial charge in [0.2, 0.25) is 0 Å². The van der Waals surface area contributed by atoms with Gasteiger partial charge in [0.05, 0.1) is 39.6 Å². The number of ether oxygens (including phenoxy) is 1. The van der Waals surface area contributed by atoms with Gasteiger partial charge in [-0.1, -0.05) is 69.6 Å². The maximum Gasteiger partial charge on any atom is 0.275 e. The molecule has 3 amide bonds. The second kappa shape index (κ2) is 10.3. The molecule has 1 aliphatic heterocycles.